The topological polar surface area (TPSA) is 84.7 Å². The van der Waals surface area contributed by atoms with Crippen molar-refractivity contribution >= 4 is 29.2 Å². The molecule has 7 nitrogen and oxygen atoms in total. The van der Waals surface area contributed by atoms with Crippen molar-refractivity contribution in [2.45, 2.75) is 18.9 Å². The van der Waals surface area contributed by atoms with E-state index in [1.807, 2.05) is 16.8 Å². The van der Waals surface area contributed by atoms with E-state index in [1.54, 1.807) is 4.90 Å². The number of rotatable bonds is 4. The average molecular weight is 347 g/mol. The van der Waals surface area contributed by atoms with E-state index in [0.29, 0.717) is 19.0 Å². The van der Waals surface area contributed by atoms with Gasteiger partial charge in [0.05, 0.1) is 19.1 Å². The fourth-order valence-corrected chi connectivity index (χ4v) is 3.66. The molecule has 4 rings (SSSR count). The van der Waals surface area contributed by atoms with Crippen LogP contribution in [0.5, 0.6) is 0 Å². The molecule has 2 aromatic heterocycles. The molecule has 4 heterocycles. The van der Waals surface area contributed by atoms with Crippen LogP contribution in [0.1, 0.15) is 22.5 Å². The quantitative estimate of drug-likeness (QED) is 0.911. The Labute approximate surface area is 142 Å². The molecule has 2 unspecified atom stereocenters. The van der Waals surface area contributed by atoms with Gasteiger partial charge in [-0.3, -0.25) is 14.9 Å². The number of piperidine rings is 1. The first-order valence-corrected chi connectivity index (χ1v) is 8.80. The number of aromatic nitrogens is 1. The molecule has 2 atom stereocenters. The standard InChI is InChI=1S/C16H17N3O4S/c20-14(5-10-2-4-24-9-10)18-16-17-12(8-23-16)15(21)19-3-1-11-7-22-13(11)6-19/h2,4,8-9,11,13H,1,3,5-7H2,(H,17,18,20). The zero-order chi connectivity index (χ0) is 16.5. The first-order valence-electron chi connectivity index (χ1n) is 7.86. The molecule has 2 aliphatic heterocycles. The number of carbonyl (C=O) groups excluding carboxylic acids is 2. The summed E-state index contributed by atoms with van der Waals surface area (Å²) in [6.45, 7) is 2.10. The predicted molar refractivity (Wildman–Crippen MR) is 86.9 cm³/mol. The van der Waals surface area contributed by atoms with Gasteiger partial charge in [-0.25, -0.2) is 0 Å². The molecule has 2 aromatic rings. The average Bonchev–Trinajstić information content (AvgIpc) is 3.20. The first-order chi connectivity index (χ1) is 11.7. The van der Waals surface area contributed by atoms with Crippen LogP contribution in [0.25, 0.3) is 0 Å². The molecule has 0 radical (unpaired) electrons. The van der Waals surface area contributed by atoms with Crippen LogP contribution in [-0.4, -0.2) is 47.5 Å². The van der Waals surface area contributed by atoms with Crippen LogP contribution in [0, 0.1) is 5.92 Å². The van der Waals surface area contributed by atoms with Crippen LogP contribution >= 0.6 is 11.3 Å². The number of carbonyl (C=O) groups is 2. The second-order valence-corrected chi connectivity index (χ2v) is 6.85. The molecule has 1 N–H and O–H groups in total. The highest BCUT2D eigenvalue weighted by Crippen LogP contribution is 2.29. The molecular weight excluding hydrogens is 330 g/mol. The molecule has 0 spiro atoms. The summed E-state index contributed by atoms with van der Waals surface area (Å²) in [5, 5.41) is 6.41. The Morgan fingerprint density at radius 1 is 1.46 bits per heavy atom. The number of hydrogen-bond acceptors (Lipinski definition) is 6. The predicted octanol–water partition coefficient (Wildman–Crippen LogP) is 1.78. The van der Waals surface area contributed by atoms with Crippen LogP contribution in [0.4, 0.5) is 6.01 Å². The first kappa shape index (κ1) is 15.3. The van der Waals surface area contributed by atoms with E-state index in [-0.39, 0.29) is 36.0 Å². The van der Waals surface area contributed by atoms with Gasteiger partial charge in [0, 0.05) is 19.0 Å². The SMILES string of the molecule is O=C(Cc1ccsc1)Nc1nc(C(=O)N2CCC3COC3C2)co1. The third-order valence-electron chi connectivity index (χ3n) is 4.42. The van der Waals surface area contributed by atoms with E-state index in [0.717, 1.165) is 18.6 Å². The maximum Gasteiger partial charge on any atom is 0.302 e. The molecule has 0 aliphatic carbocycles. The Hall–Kier alpha value is -2.19. The van der Waals surface area contributed by atoms with Gasteiger partial charge in [0.2, 0.25) is 5.91 Å². The minimum absolute atomic E-state index is 0.0494. The van der Waals surface area contributed by atoms with E-state index < -0.39 is 0 Å². The van der Waals surface area contributed by atoms with Gasteiger partial charge in [0.25, 0.3) is 5.91 Å². The fourth-order valence-electron chi connectivity index (χ4n) is 2.99. The summed E-state index contributed by atoms with van der Waals surface area (Å²) in [6.07, 6.45) is 2.65. The molecular formula is C16H17N3O4S. The number of fused-ring (bicyclic) bond motifs is 1. The Morgan fingerprint density at radius 3 is 3.08 bits per heavy atom. The van der Waals surface area contributed by atoms with E-state index in [1.165, 1.54) is 17.6 Å². The van der Waals surface area contributed by atoms with E-state index >= 15 is 0 Å². The molecule has 2 amide bonds. The summed E-state index contributed by atoms with van der Waals surface area (Å²) in [5.74, 6) is 0.169. The lowest BCUT2D eigenvalue weighted by atomic mass is 9.90. The lowest BCUT2D eigenvalue weighted by molar-refractivity contribution is -0.143. The molecule has 0 bridgehead atoms. The van der Waals surface area contributed by atoms with Crippen LogP contribution in [0.2, 0.25) is 0 Å². The minimum atomic E-state index is -0.224. The second-order valence-electron chi connectivity index (χ2n) is 6.07. The van der Waals surface area contributed by atoms with Gasteiger partial charge >= 0.3 is 6.01 Å². The van der Waals surface area contributed by atoms with Crippen molar-refractivity contribution in [1.82, 2.24) is 9.88 Å². The lowest BCUT2D eigenvalue weighted by Gasteiger charge is -2.44. The van der Waals surface area contributed by atoms with Gasteiger partial charge in [-0.05, 0) is 28.8 Å². The Morgan fingerprint density at radius 2 is 2.38 bits per heavy atom. The zero-order valence-electron chi connectivity index (χ0n) is 12.9. The number of anilines is 1. The van der Waals surface area contributed by atoms with Crippen molar-refractivity contribution < 1.29 is 18.7 Å². The van der Waals surface area contributed by atoms with E-state index in [9.17, 15) is 9.59 Å². The normalized spacial score (nSPS) is 22.6. The number of hydrogen-bond donors (Lipinski definition) is 1. The Balaban J connectivity index is 1.35. The Kier molecular flexibility index (Phi) is 4.07. The smallest absolute Gasteiger partial charge is 0.302 e. The van der Waals surface area contributed by atoms with E-state index in [2.05, 4.69) is 10.3 Å². The van der Waals surface area contributed by atoms with Crippen molar-refractivity contribution in [2.24, 2.45) is 5.92 Å². The maximum atomic E-state index is 12.5. The summed E-state index contributed by atoms with van der Waals surface area (Å²) in [6, 6.07) is 1.94. The minimum Gasteiger partial charge on any atom is -0.431 e. The van der Waals surface area contributed by atoms with Crippen molar-refractivity contribution in [3.05, 3.63) is 34.3 Å². The van der Waals surface area contributed by atoms with Crippen LogP contribution in [-0.2, 0) is 16.0 Å². The van der Waals surface area contributed by atoms with Crippen LogP contribution < -0.4 is 5.32 Å². The Bertz CT molecular complexity index is 742. The zero-order valence-corrected chi connectivity index (χ0v) is 13.8. The number of thiophene rings is 1. The second kappa shape index (κ2) is 6.37. The van der Waals surface area contributed by atoms with Gasteiger partial charge in [0.15, 0.2) is 5.69 Å². The molecule has 0 saturated carbocycles. The summed E-state index contributed by atoms with van der Waals surface area (Å²) in [5.41, 5.74) is 1.14. The van der Waals surface area contributed by atoms with Crippen molar-refractivity contribution in [2.75, 3.05) is 25.0 Å². The van der Waals surface area contributed by atoms with Crippen LogP contribution in [0.15, 0.2) is 27.5 Å². The van der Waals surface area contributed by atoms with E-state index in [4.69, 9.17) is 9.15 Å². The van der Waals surface area contributed by atoms with Crippen LogP contribution in [0.3, 0.4) is 0 Å². The van der Waals surface area contributed by atoms with Gasteiger partial charge in [-0.1, -0.05) is 0 Å². The fraction of sp³-hybridized carbons (Fsp3) is 0.438. The van der Waals surface area contributed by atoms with Gasteiger partial charge in [0.1, 0.15) is 6.26 Å². The third-order valence-corrected chi connectivity index (χ3v) is 5.15. The van der Waals surface area contributed by atoms with Gasteiger partial charge < -0.3 is 14.1 Å². The monoisotopic (exact) mass is 347 g/mol. The highest BCUT2D eigenvalue weighted by molar-refractivity contribution is 7.08. The number of nitrogens with one attached hydrogen (secondary N) is 1. The highest BCUT2D eigenvalue weighted by Gasteiger charge is 2.39. The molecule has 2 fully saturated rings. The molecule has 126 valence electrons. The molecule has 24 heavy (non-hydrogen) atoms. The molecule has 2 saturated heterocycles. The summed E-state index contributed by atoms with van der Waals surface area (Å²) >= 11 is 1.54. The number of amides is 2. The summed E-state index contributed by atoms with van der Waals surface area (Å²) in [7, 11) is 0. The van der Waals surface area contributed by atoms with Crippen molar-refractivity contribution in [3.8, 4) is 0 Å². The largest absolute Gasteiger partial charge is 0.431 e. The van der Waals surface area contributed by atoms with Gasteiger partial charge in [-0.15, -0.1) is 0 Å². The van der Waals surface area contributed by atoms with Crippen molar-refractivity contribution in [1.29, 1.82) is 0 Å². The molecule has 8 heteroatoms. The summed E-state index contributed by atoms with van der Waals surface area (Å²) < 4.78 is 10.7. The summed E-state index contributed by atoms with van der Waals surface area (Å²) in [4.78, 5) is 30.2. The number of ether oxygens (including phenoxy) is 1. The maximum absolute atomic E-state index is 12.5. The molecule has 2 aliphatic rings. The number of nitrogens with zero attached hydrogens (tertiary/aromatic N) is 2. The number of likely N-dealkylation sites (tertiary alicyclic amines) is 1. The third kappa shape index (κ3) is 3.07. The lowest BCUT2D eigenvalue weighted by Crippen LogP contribution is -2.54. The molecule has 0 aromatic carbocycles. The van der Waals surface area contributed by atoms with Gasteiger partial charge in [-0.2, -0.15) is 16.3 Å². The highest BCUT2D eigenvalue weighted by atomic mass is 32.1. The number of oxazole rings is 1. The van der Waals surface area contributed by atoms with Crippen molar-refractivity contribution in [3.63, 3.8) is 0 Å².